The van der Waals surface area contributed by atoms with Crippen LogP contribution < -0.4 is 5.32 Å². The number of carbonyl (C=O) groups is 1. The van der Waals surface area contributed by atoms with E-state index in [-0.39, 0.29) is 23.8 Å². The maximum atomic E-state index is 12.9. The van der Waals surface area contributed by atoms with Crippen LogP contribution >= 0.6 is 15.9 Å². The van der Waals surface area contributed by atoms with E-state index in [1.54, 1.807) is 12.1 Å². The maximum absolute atomic E-state index is 12.9. The molecule has 9 heteroatoms. The largest absolute Gasteiger partial charge is 0.363 e. The molecule has 0 saturated carbocycles. The molecule has 1 aromatic carbocycles. The third kappa shape index (κ3) is 5.65. The van der Waals surface area contributed by atoms with E-state index in [0.29, 0.717) is 6.42 Å². The van der Waals surface area contributed by atoms with Crippen molar-refractivity contribution in [2.45, 2.75) is 31.1 Å². The summed E-state index contributed by atoms with van der Waals surface area (Å²) in [6.07, 6.45) is 3.85. The van der Waals surface area contributed by atoms with Gasteiger partial charge in [-0.05, 0) is 30.7 Å². The number of anilines is 1. The van der Waals surface area contributed by atoms with Crippen molar-refractivity contribution in [3.63, 3.8) is 0 Å². The Morgan fingerprint density at radius 3 is 2.56 bits per heavy atom. The van der Waals surface area contributed by atoms with E-state index in [2.05, 4.69) is 30.9 Å². The molecule has 0 unspecified atom stereocenters. The van der Waals surface area contributed by atoms with Crippen molar-refractivity contribution in [1.82, 2.24) is 9.46 Å². The van der Waals surface area contributed by atoms with E-state index < -0.39 is 15.9 Å². The van der Waals surface area contributed by atoms with Gasteiger partial charge in [-0.1, -0.05) is 40.9 Å². The maximum Gasteiger partial charge on any atom is 0.243 e. The molecule has 2 aromatic rings. The number of unbranched alkanes of at least 4 members (excludes halogenated alkanes) is 2. The van der Waals surface area contributed by atoms with Gasteiger partial charge in [0.15, 0.2) is 5.82 Å². The third-order valence-electron chi connectivity index (χ3n) is 3.49. The molecule has 2 rings (SSSR count). The zero-order valence-corrected chi connectivity index (χ0v) is 16.2. The molecular weight excluding hydrogens is 410 g/mol. The van der Waals surface area contributed by atoms with Crippen molar-refractivity contribution in [2.24, 2.45) is 0 Å². The van der Waals surface area contributed by atoms with Crippen LogP contribution in [0.15, 0.2) is 50.5 Å². The van der Waals surface area contributed by atoms with E-state index in [1.165, 1.54) is 28.8 Å². The lowest BCUT2D eigenvalue weighted by molar-refractivity contribution is -0.116. The molecule has 0 bridgehead atoms. The molecule has 0 spiro atoms. The predicted octanol–water partition coefficient (Wildman–Crippen LogP) is 3.26. The molecule has 1 N–H and O–H groups in total. The second-order valence-corrected chi connectivity index (χ2v) is 8.29. The first-order valence-corrected chi connectivity index (χ1v) is 10.1. The minimum absolute atomic E-state index is 0.154. The van der Waals surface area contributed by atoms with Crippen LogP contribution in [0.1, 0.15) is 26.2 Å². The number of hydrogen-bond donors (Lipinski definition) is 1. The topological polar surface area (TPSA) is 92.5 Å². The number of sulfonamides is 1. The molecule has 0 radical (unpaired) electrons. The number of rotatable bonds is 9. The van der Waals surface area contributed by atoms with Gasteiger partial charge in [0.2, 0.25) is 15.9 Å². The minimum Gasteiger partial charge on any atom is -0.363 e. The lowest BCUT2D eigenvalue weighted by atomic mass is 10.2. The highest BCUT2D eigenvalue weighted by molar-refractivity contribution is 9.10. The molecule has 1 heterocycles. The Labute approximate surface area is 155 Å². The molecule has 0 saturated heterocycles. The first kappa shape index (κ1) is 19.6. The Kier molecular flexibility index (Phi) is 7.15. The summed E-state index contributed by atoms with van der Waals surface area (Å²) in [5.41, 5.74) is 0. The fourth-order valence-corrected chi connectivity index (χ4v) is 3.90. The summed E-state index contributed by atoms with van der Waals surface area (Å²) in [5.74, 6) is -0.217. The summed E-state index contributed by atoms with van der Waals surface area (Å²) >= 11 is 3.29. The second-order valence-electron chi connectivity index (χ2n) is 5.43. The smallest absolute Gasteiger partial charge is 0.243 e. The summed E-state index contributed by atoms with van der Waals surface area (Å²) in [6.45, 7) is 2.03. The zero-order chi connectivity index (χ0) is 18.3. The average molecular weight is 430 g/mol. The number of nitrogens with one attached hydrogen (secondary N) is 1. The fourth-order valence-electron chi connectivity index (χ4n) is 2.20. The number of aromatic nitrogens is 1. The highest BCUT2D eigenvalue weighted by Gasteiger charge is 2.26. The molecule has 0 fully saturated rings. The van der Waals surface area contributed by atoms with Gasteiger partial charge in [0, 0.05) is 17.1 Å². The zero-order valence-electron chi connectivity index (χ0n) is 13.8. The quantitative estimate of drug-likeness (QED) is 0.617. The van der Waals surface area contributed by atoms with Crippen molar-refractivity contribution in [3.8, 4) is 0 Å². The summed E-state index contributed by atoms with van der Waals surface area (Å²) in [5, 5.41) is 6.11. The van der Waals surface area contributed by atoms with Crippen LogP contribution in [0.3, 0.4) is 0 Å². The first-order valence-electron chi connectivity index (χ1n) is 7.89. The molecule has 0 atom stereocenters. The SMILES string of the molecule is CCCCCN(CC(=O)Nc1ccon1)S(=O)(=O)c1ccc(Br)cc1. The molecule has 0 aliphatic carbocycles. The summed E-state index contributed by atoms with van der Waals surface area (Å²) in [7, 11) is -3.76. The summed E-state index contributed by atoms with van der Waals surface area (Å²) < 4.78 is 32.4. The van der Waals surface area contributed by atoms with Gasteiger partial charge in [-0.2, -0.15) is 4.31 Å². The van der Waals surface area contributed by atoms with E-state index in [1.807, 2.05) is 6.92 Å². The van der Waals surface area contributed by atoms with Crippen LogP contribution in [-0.2, 0) is 14.8 Å². The highest BCUT2D eigenvalue weighted by Crippen LogP contribution is 2.19. The summed E-state index contributed by atoms with van der Waals surface area (Å²) in [4.78, 5) is 12.3. The normalized spacial score (nSPS) is 11.6. The number of benzene rings is 1. The monoisotopic (exact) mass is 429 g/mol. The van der Waals surface area contributed by atoms with E-state index in [9.17, 15) is 13.2 Å². The highest BCUT2D eigenvalue weighted by atomic mass is 79.9. The first-order chi connectivity index (χ1) is 11.9. The van der Waals surface area contributed by atoms with Crippen molar-refractivity contribution in [1.29, 1.82) is 0 Å². The van der Waals surface area contributed by atoms with Crippen LogP contribution in [0.5, 0.6) is 0 Å². The Hall–Kier alpha value is -1.71. The van der Waals surface area contributed by atoms with E-state index >= 15 is 0 Å². The van der Waals surface area contributed by atoms with Gasteiger partial charge >= 0.3 is 0 Å². The molecule has 0 aliphatic heterocycles. The van der Waals surface area contributed by atoms with Gasteiger partial charge in [-0.3, -0.25) is 4.79 Å². The lowest BCUT2D eigenvalue weighted by Gasteiger charge is -2.21. The molecule has 0 aliphatic rings. The number of nitrogens with zero attached hydrogens (tertiary/aromatic N) is 2. The fraction of sp³-hybridized carbons (Fsp3) is 0.375. The second kappa shape index (κ2) is 9.12. The van der Waals surface area contributed by atoms with Gasteiger partial charge in [0.25, 0.3) is 0 Å². The average Bonchev–Trinajstić information content (AvgIpc) is 3.07. The summed E-state index contributed by atoms with van der Waals surface area (Å²) in [6, 6.07) is 7.84. The van der Waals surface area contributed by atoms with Crippen LogP contribution in [0.2, 0.25) is 0 Å². The number of halogens is 1. The molecule has 25 heavy (non-hydrogen) atoms. The van der Waals surface area contributed by atoms with Gasteiger partial charge < -0.3 is 9.84 Å². The van der Waals surface area contributed by atoms with Crippen LogP contribution in [-0.4, -0.2) is 36.9 Å². The van der Waals surface area contributed by atoms with Crippen molar-refractivity contribution in [3.05, 3.63) is 41.1 Å². The third-order valence-corrected chi connectivity index (χ3v) is 5.88. The van der Waals surface area contributed by atoms with Gasteiger partial charge in [0.1, 0.15) is 6.26 Å². The van der Waals surface area contributed by atoms with Crippen molar-refractivity contribution in [2.75, 3.05) is 18.4 Å². The van der Waals surface area contributed by atoms with Gasteiger partial charge in [0.05, 0.1) is 11.4 Å². The predicted molar refractivity (Wildman–Crippen MR) is 97.6 cm³/mol. The number of amides is 1. The van der Waals surface area contributed by atoms with Crippen LogP contribution in [0.4, 0.5) is 5.82 Å². The molecule has 1 aromatic heterocycles. The Bertz CT molecular complexity index is 776. The van der Waals surface area contributed by atoms with Crippen molar-refractivity contribution < 1.29 is 17.7 Å². The molecule has 7 nitrogen and oxygen atoms in total. The molecule has 1 amide bonds. The van der Waals surface area contributed by atoms with E-state index in [0.717, 1.165) is 17.3 Å². The van der Waals surface area contributed by atoms with Gasteiger partial charge in [-0.15, -0.1) is 0 Å². The number of carbonyl (C=O) groups excluding carboxylic acids is 1. The standard InChI is InChI=1S/C16H20BrN3O4S/c1-2-3-4-10-20(12-16(21)18-15-9-11-24-19-15)25(22,23)14-7-5-13(17)6-8-14/h5-9,11H,2-4,10,12H2,1H3,(H,18,19,21). The lowest BCUT2D eigenvalue weighted by Crippen LogP contribution is -2.38. The van der Waals surface area contributed by atoms with Gasteiger partial charge in [-0.25, -0.2) is 8.42 Å². The van der Waals surface area contributed by atoms with E-state index in [4.69, 9.17) is 0 Å². The Morgan fingerprint density at radius 1 is 1.24 bits per heavy atom. The molecular formula is C16H20BrN3O4S. The number of hydrogen-bond acceptors (Lipinski definition) is 5. The minimum atomic E-state index is -3.76. The van der Waals surface area contributed by atoms with Crippen LogP contribution in [0, 0.1) is 0 Å². The Balaban J connectivity index is 2.15. The Morgan fingerprint density at radius 2 is 1.96 bits per heavy atom. The molecule has 136 valence electrons. The van der Waals surface area contributed by atoms with Crippen molar-refractivity contribution >= 4 is 37.7 Å². The van der Waals surface area contributed by atoms with Crippen LogP contribution in [0.25, 0.3) is 0 Å².